The Kier molecular flexibility index (Phi) is 6.17. The van der Waals surface area contributed by atoms with Crippen LogP contribution < -0.4 is 5.32 Å². The molecule has 0 aliphatic carbocycles. The Morgan fingerprint density at radius 1 is 1.22 bits per heavy atom. The second-order valence-corrected chi connectivity index (χ2v) is 5.49. The van der Waals surface area contributed by atoms with E-state index >= 15 is 0 Å². The number of amides is 1. The number of nitrogens with zero attached hydrogens (tertiary/aromatic N) is 1. The number of nitrogens with one attached hydrogen (secondary N) is 1. The van der Waals surface area contributed by atoms with Crippen molar-refractivity contribution in [1.82, 2.24) is 4.98 Å². The molecular weight excluding hydrogens is 312 g/mol. The van der Waals surface area contributed by atoms with Gasteiger partial charge in [-0.2, -0.15) is 0 Å². The lowest BCUT2D eigenvalue weighted by atomic mass is 10.1. The molecule has 23 heavy (non-hydrogen) atoms. The van der Waals surface area contributed by atoms with Crippen molar-refractivity contribution in [1.29, 1.82) is 0 Å². The van der Waals surface area contributed by atoms with Crippen LogP contribution in [0.2, 0.25) is 0 Å². The molecule has 1 aromatic heterocycles. The fourth-order valence-electron chi connectivity index (χ4n) is 2.05. The normalized spacial score (nSPS) is 10.2. The summed E-state index contributed by atoms with van der Waals surface area (Å²) in [6.07, 6.45) is 4.24. The van der Waals surface area contributed by atoms with Crippen LogP contribution in [-0.4, -0.2) is 29.7 Å². The van der Waals surface area contributed by atoms with Gasteiger partial charge in [0.05, 0.1) is 5.56 Å². The molecule has 0 atom stereocenters. The van der Waals surface area contributed by atoms with Crippen LogP contribution in [0.5, 0.6) is 0 Å². The van der Waals surface area contributed by atoms with Gasteiger partial charge in [0.25, 0.3) is 5.91 Å². The maximum atomic E-state index is 12.0. The van der Waals surface area contributed by atoms with Gasteiger partial charge in [-0.15, -0.1) is 11.8 Å². The standard InChI is InChI=1S/C17H18N2O3S/c1-3-12-7-4-5-9-14(12)19-15(20)11-22-17(21)13-8-6-10-18-16(13)23-2/h4-10H,3,11H2,1-2H3,(H,19,20). The molecule has 1 aromatic carbocycles. The molecule has 0 unspecified atom stereocenters. The summed E-state index contributed by atoms with van der Waals surface area (Å²) >= 11 is 1.35. The highest BCUT2D eigenvalue weighted by molar-refractivity contribution is 7.98. The maximum absolute atomic E-state index is 12.0. The van der Waals surface area contributed by atoms with Crippen LogP contribution in [0.15, 0.2) is 47.6 Å². The number of thioether (sulfide) groups is 1. The summed E-state index contributed by atoms with van der Waals surface area (Å²) in [6.45, 7) is 1.68. The molecule has 0 aliphatic rings. The van der Waals surface area contributed by atoms with E-state index in [4.69, 9.17) is 4.74 Å². The number of anilines is 1. The van der Waals surface area contributed by atoms with Gasteiger partial charge in [-0.1, -0.05) is 25.1 Å². The Hall–Kier alpha value is -2.34. The van der Waals surface area contributed by atoms with Gasteiger partial charge >= 0.3 is 5.97 Å². The van der Waals surface area contributed by atoms with Gasteiger partial charge in [0.2, 0.25) is 0 Å². The molecule has 2 aromatic rings. The van der Waals surface area contributed by atoms with E-state index in [1.807, 2.05) is 37.4 Å². The van der Waals surface area contributed by atoms with Crippen molar-refractivity contribution in [2.75, 3.05) is 18.2 Å². The Morgan fingerprint density at radius 3 is 2.74 bits per heavy atom. The lowest BCUT2D eigenvalue weighted by molar-refractivity contribution is -0.119. The number of aromatic nitrogens is 1. The molecule has 0 radical (unpaired) electrons. The molecule has 0 spiro atoms. The molecule has 5 nitrogen and oxygen atoms in total. The first kappa shape index (κ1) is 17.0. The van der Waals surface area contributed by atoms with Crippen LogP contribution >= 0.6 is 11.8 Å². The van der Waals surface area contributed by atoms with E-state index in [-0.39, 0.29) is 12.5 Å². The predicted molar refractivity (Wildman–Crippen MR) is 90.8 cm³/mol. The number of benzene rings is 1. The van der Waals surface area contributed by atoms with Crippen molar-refractivity contribution >= 4 is 29.3 Å². The highest BCUT2D eigenvalue weighted by atomic mass is 32.2. The van der Waals surface area contributed by atoms with E-state index in [0.717, 1.165) is 17.7 Å². The third-order valence-electron chi connectivity index (χ3n) is 3.19. The molecule has 1 amide bonds. The minimum atomic E-state index is -0.554. The molecule has 0 aliphatic heterocycles. The van der Waals surface area contributed by atoms with Gasteiger partial charge in [0, 0.05) is 11.9 Å². The van der Waals surface area contributed by atoms with Crippen molar-refractivity contribution in [3.8, 4) is 0 Å². The topological polar surface area (TPSA) is 68.3 Å². The van der Waals surface area contributed by atoms with Crippen LogP contribution in [-0.2, 0) is 16.0 Å². The summed E-state index contributed by atoms with van der Waals surface area (Å²) in [5.74, 6) is -0.921. The molecule has 6 heteroatoms. The fourth-order valence-corrected chi connectivity index (χ4v) is 2.59. The molecule has 0 bridgehead atoms. The Bertz CT molecular complexity index is 704. The highest BCUT2D eigenvalue weighted by Crippen LogP contribution is 2.18. The molecule has 1 heterocycles. The number of hydrogen-bond acceptors (Lipinski definition) is 5. The lowest BCUT2D eigenvalue weighted by Gasteiger charge is -2.10. The number of hydrogen-bond donors (Lipinski definition) is 1. The molecule has 2 rings (SSSR count). The van der Waals surface area contributed by atoms with Crippen LogP contribution in [0.3, 0.4) is 0 Å². The summed E-state index contributed by atoms with van der Waals surface area (Å²) < 4.78 is 5.07. The summed E-state index contributed by atoms with van der Waals surface area (Å²) in [6, 6.07) is 10.8. The van der Waals surface area contributed by atoms with Gasteiger partial charge in [0.15, 0.2) is 6.61 Å². The summed E-state index contributed by atoms with van der Waals surface area (Å²) in [7, 11) is 0. The van der Waals surface area contributed by atoms with Crippen LogP contribution in [0.1, 0.15) is 22.8 Å². The second kappa shape index (κ2) is 8.33. The molecule has 0 fully saturated rings. The van der Waals surface area contributed by atoms with Crippen LogP contribution in [0, 0.1) is 0 Å². The summed E-state index contributed by atoms with van der Waals surface area (Å²) in [5.41, 5.74) is 2.13. The van der Waals surface area contributed by atoms with E-state index < -0.39 is 5.97 Å². The van der Waals surface area contributed by atoms with E-state index in [1.165, 1.54) is 11.8 Å². The SMILES string of the molecule is CCc1ccccc1NC(=O)COC(=O)c1cccnc1SC. The largest absolute Gasteiger partial charge is 0.452 e. The minimum absolute atomic E-state index is 0.334. The summed E-state index contributed by atoms with van der Waals surface area (Å²) in [5, 5.41) is 3.34. The first-order chi connectivity index (χ1) is 11.2. The molecular formula is C17H18N2O3S. The van der Waals surface area contributed by atoms with Crippen molar-refractivity contribution in [2.45, 2.75) is 18.4 Å². The van der Waals surface area contributed by atoms with E-state index in [1.54, 1.807) is 18.3 Å². The van der Waals surface area contributed by atoms with Crippen molar-refractivity contribution in [3.63, 3.8) is 0 Å². The quantitative estimate of drug-likeness (QED) is 0.651. The number of esters is 1. The number of ether oxygens (including phenoxy) is 1. The third kappa shape index (κ3) is 4.56. The van der Waals surface area contributed by atoms with E-state index in [0.29, 0.717) is 10.6 Å². The maximum Gasteiger partial charge on any atom is 0.341 e. The zero-order chi connectivity index (χ0) is 16.7. The average Bonchev–Trinajstić information content (AvgIpc) is 2.60. The summed E-state index contributed by atoms with van der Waals surface area (Å²) in [4.78, 5) is 28.1. The number of pyridine rings is 1. The van der Waals surface area contributed by atoms with Crippen molar-refractivity contribution in [2.24, 2.45) is 0 Å². The second-order valence-electron chi connectivity index (χ2n) is 4.70. The van der Waals surface area contributed by atoms with E-state index in [9.17, 15) is 9.59 Å². The van der Waals surface area contributed by atoms with Gasteiger partial charge in [-0.3, -0.25) is 4.79 Å². The van der Waals surface area contributed by atoms with Crippen LogP contribution in [0.25, 0.3) is 0 Å². The predicted octanol–water partition coefficient (Wildman–Crippen LogP) is 3.16. The van der Waals surface area contributed by atoms with Gasteiger partial charge in [-0.25, -0.2) is 9.78 Å². The number of para-hydroxylation sites is 1. The van der Waals surface area contributed by atoms with E-state index in [2.05, 4.69) is 10.3 Å². The van der Waals surface area contributed by atoms with Gasteiger partial charge in [0.1, 0.15) is 5.03 Å². The third-order valence-corrected chi connectivity index (χ3v) is 3.90. The molecule has 1 N–H and O–H groups in total. The number of aryl methyl sites for hydroxylation is 1. The monoisotopic (exact) mass is 330 g/mol. The highest BCUT2D eigenvalue weighted by Gasteiger charge is 2.15. The lowest BCUT2D eigenvalue weighted by Crippen LogP contribution is -2.21. The zero-order valence-corrected chi connectivity index (χ0v) is 13.9. The van der Waals surface area contributed by atoms with Crippen molar-refractivity contribution in [3.05, 3.63) is 53.7 Å². The Labute approximate surface area is 139 Å². The number of carbonyl (C=O) groups excluding carboxylic acids is 2. The fraction of sp³-hybridized carbons (Fsp3) is 0.235. The number of carbonyl (C=O) groups is 2. The first-order valence-electron chi connectivity index (χ1n) is 7.19. The minimum Gasteiger partial charge on any atom is -0.452 e. The van der Waals surface area contributed by atoms with Gasteiger partial charge < -0.3 is 10.1 Å². The molecule has 0 saturated heterocycles. The number of rotatable bonds is 6. The Balaban J connectivity index is 1.95. The molecule has 120 valence electrons. The van der Waals surface area contributed by atoms with Crippen LogP contribution in [0.4, 0.5) is 5.69 Å². The molecule has 0 saturated carbocycles. The Morgan fingerprint density at radius 2 is 2.00 bits per heavy atom. The average molecular weight is 330 g/mol. The van der Waals surface area contributed by atoms with Gasteiger partial charge in [-0.05, 0) is 36.4 Å². The van der Waals surface area contributed by atoms with Crippen molar-refractivity contribution < 1.29 is 14.3 Å². The zero-order valence-electron chi connectivity index (χ0n) is 13.0. The smallest absolute Gasteiger partial charge is 0.341 e. The first-order valence-corrected chi connectivity index (χ1v) is 8.42.